The van der Waals surface area contributed by atoms with Gasteiger partial charge in [-0.2, -0.15) is 4.98 Å². The number of aromatic nitrogens is 2. The van der Waals surface area contributed by atoms with Gasteiger partial charge in [0, 0.05) is 6.61 Å². The fourth-order valence-corrected chi connectivity index (χ4v) is 3.60. The fraction of sp³-hybridized carbons (Fsp3) is 0.875. The maximum Gasteiger partial charge on any atom is 0.243 e. The SMILES string of the molecule is CCOC(c1noc(C2CCCCN2)n1)C1CCCCC1. The molecule has 1 saturated carbocycles. The van der Waals surface area contributed by atoms with Crippen LogP contribution in [0.15, 0.2) is 4.52 Å². The maximum atomic E-state index is 5.96. The summed E-state index contributed by atoms with van der Waals surface area (Å²) in [5, 5.41) is 7.70. The van der Waals surface area contributed by atoms with E-state index in [9.17, 15) is 0 Å². The van der Waals surface area contributed by atoms with E-state index in [2.05, 4.69) is 15.5 Å². The van der Waals surface area contributed by atoms with Gasteiger partial charge in [0.15, 0.2) is 0 Å². The highest BCUT2D eigenvalue weighted by Crippen LogP contribution is 2.36. The molecular formula is C16H27N3O2. The number of nitrogens with zero attached hydrogens (tertiary/aromatic N) is 2. The van der Waals surface area contributed by atoms with Crippen LogP contribution in [0.25, 0.3) is 0 Å². The Morgan fingerprint density at radius 3 is 2.71 bits per heavy atom. The van der Waals surface area contributed by atoms with Crippen molar-refractivity contribution in [3.05, 3.63) is 11.7 Å². The molecule has 118 valence electrons. The van der Waals surface area contributed by atoms with E-state index < -0.39 is 0 Å². The molecule has 1 aromatic rings. The Morgan fingerprint density at radius 1 is 1.19 bits per heavy atom. The maximum absolute atomic E-state index is 5.96. The van der Waals surface area contributed by atoms with Gasteiger partial charge < -0.3 is 14.6 Å². The second kappa shape index (κ2) is 7.36. The van der Waals surface area contributed by atoms with Crippen LogP contribution < -0.4 is 5.32 Å². The third-order valence-corrected chi connectivity index (χ3v) is 4.74. The van der Waals surface area contributed by atoms with Gasteiger partial charge in [0.05, 0.1) is 6.04 Å². The fourth-order valence-electron chi connectivity index (χ4n) is 3.60. The van der Waals surface area contributed by atoms with Crippen LogP contribution in [0.4, 0.5) is 0 Å². The first kappa shape index (κ1) is 15.0. The average molecular weight is 293 g/mol. The second-order valence-corrected chi connectivity index (χ2v) is 6.27. The summed E-state index contributed by atoms with van der Waals surface area (Å²) in [5.74, 6) is 2.04. The van der Waals surface area contributed by atoms with Crippen LogP contribution in [0.3, 0.4) is 0 Å². The molecule has 3 rings (SSSR count). The van der Waals surface area contributed by atoms with Crippen molar-refractivity contribution in [2.24, 2.45) is 5.92 Å². The van der Waals surface area contributed by atoms with E-state index in [0.717, 1.165) is 24.7 Å². The highest BCUT2D eigenvalue weighted by molar-refractivity contribution is 4.99. The van der Waals surface area contributed by atoms with Crippen molar-refractivity contribution in [1.29, 1.82) is 0 Å². The lowest BCUT2D eigenvalue weighted by Crippen LogP contribution is -2.27. The summed E-state index contributed by atoms with van der Waals surface area (Å²) in [7, 11) is 0. The van der Waals surface area contributed by atoms with Gasteiger partial charge in [-0.1, -0.05) is 30.8 Å². The van der Waals surface area contributed by atoms with Crippen LogP contribution in [0.1, 0.15) is 82.2 Å². The molecule has 1 aliphatic carbocycles. The van der Waals surface area contributed by atoms with Gasteiger partial charge in [0.25, 0.3) is 0 Å². The monoisotopic (exact) mass is 293 g/mol. The summed E-state index contributed by atoms with van der Waals surface area (Å²) in [6.45, 7) is 3.78. The molecule has 2 fully saturated rings. The minimum absolute atomic E-state index is 0.0105. The number of ether oxygens (including phenoxy) is 1. The van der Waals surface area contributed by atoms with Crippen LogP contribution in [-0.4, -0.2) is 23.3 Å². The number of hydrogen-bond donors (Lipinski definition) is 1. The first-order valence-electron chi connectivity index (χ1n) is 8.57. The zero-order valence-electron chi connectivity index (χ0n) is 13.0. The number of piperidine rings is 1. The third-order valence-electron chi connectivity index (χ3n) is 4.74. The Balaban J connectivity index is 1.71. The molecule has 0 spiro atoms. The largest absolute Gasteiger partial charge is 0.370 e. The molecule has 2 unspecified atom stereocenters. The van der Waals surface area contributed by atoms with Gasteiger partial charge in [-0.15, -0.1) is 0 Å². The highest BCUT2D eigenvalue weighted by atomic mass is 16.5. The first-order chi connectivity index (χ1) is 10.4. The molecule has 0 radical (unpaired) electrons. The zero-order valence-corrected chi connectivity index (χ0v) is 13.0. The summed E-state index contributed by atoms with van der Waals surface area (Å²) in [6.07, 6.45) is 9.94. The van der Waals surface area contributed by atoms with Crippen LogP contribution in [0, 0.1) is 5.92 Å². The molecule has 0 aromatic carbocycles. The van der Waals surface area contributed by atoms with E-state index in [1.54, 1.807) is 0 Å². The Hall–Kier alpha value is -0.940. The predicted octanol–water partition coefficient (Wildman–Crippen LogP) is 3.54. The molecule has 5 nitrogen and oxygen atoms in total. The molecule has 1 aromatic heterocycles. The summed E-state index contributed by atoms with van der Waals surface area (Å²) in [4.78, 5) is 4.66. The quantitative estimate of drug-likeness (QED) is 0.899. The van der Waals surface area contributed by atoms with Crippen molar-refractivity contribution < 1.29 is 9.26 Å². The zero-order chi connectivity index (χ0) is 14.5. The number of nitrogens with one attached hydrogen (secondary N) is 1. The number of rotatable bonds is 5. The summed E-state index contributed by atoms with van der Waals surface area (Å²) in [5.41, 5.74) is 0. The van der Waals surface area contributed by atoms with E-state index in [1.165, 1.54) is 44.9 Å². The van der Waals surface area contributed by atoms with E-state index in [-0.39, 0.29) is 12.1 Å². The Bertz CT molecular complexity index is 423. The minimum atomic E-state index is 0.0105. The van der Waals surface area contributed by atoms with Gasteiger partial charge in [0.1, 0.15) is 6.10 Å². The lowest BCUT2D eigenvalue weighted by molar-refractivity contribution is -0.00145. The van der Waals surface area contributed by atoms with Gasteiger partial charge in [-0.05, 0) is 45.1 Å². The molecule has 21 heavy (non-hydrogen) atoms. The Labute approximate surface area is 126 Å². The summed E-state index contributed by atoms with van der Waals surface area (Å²) in [6, 6.07) is 0.230. The van der Waals surface area contributed by atoms with Crippen molar-refractivity contribution in [2.75, 3.05) is 13.2 Å². The van der Waals surface area contributed by atoms with Crippen LogP contribution in [0.2, 0.25) is 0 Å². The summed E-state index contributed by atoms with van der Waals surface area (Å²) < 4.78 is 11.5. The summed E-state index contributed by atoms with van der Waals surface area (Å²) >= 11 is 0. The Kier molecular flexibility index (Phi) is 5.25. The second-order valence-electron chi connectivity index (χ2n) is 6.27. The third kappa shape index (κ3) is 3.64. The first-order valence-corrected chi connectivity index (χ1v) is 8.57. The van der Waals surface area contributed by atoms with E-state index in [1.807, 2.05) is 6.92 Å². The molecule has 0 amide bonds. The van der Waals surface area contributed by atoms with Crippen molar-refractivity contribution in [3.8, 4) is 0 Å². The normalized spacial score (nSPS) is 25.9. The van der Waals surface area contributed by atoms with Gasteiger partial charge in [-0.3, -0.25) is 0 Å². The molecule has 5 heteroatoms. The van der Waals surface area contributed by atoms with Crippen molar-refractivity contribution >= 4 is 0 Å². The molecular weight excluding hydrogens is 266 g/mol. The smallest absolute Gasteiger partial charge is 0.243 e. The van der Waals surface area contributed by atoms with Gasteiger partial charge >= 0.3 is 0 Å². The molecule has 1 saturated heterocycles. The van der Waals surface area contributed by atoms with Crippen molar-refractivity contribution in [3.63, 3.8) is 0 Å². The van der Waals surface area contributed by atoms with E-state index >= 15 is 0 Å². The predicted molar refractivity (Wildman–Crippen MR) is 79.8 cm³/mol. The molecule has 2 heterocycles. The number of hydrogen-bond acceptors (Lipinski definition) is 5. The Morgan fingerprint density at radius 2 is 2.00 bits per heavy atom. The molecule has 1 aliphatic heterocycles. The highest BCUT2D eigenvalue weighted by Gasteiger charge is 2.31. The van der Waals surface area contributed by atoms with Crippen LogP contribution in [0.5, 0.6) is 0 Å². The molecule has 0 bridgehead atoms. The molecule has 2 aliphatic rings. The van der Waals surface area contributed by atoms with Crippen LogP contribution >= 0.6 is 0 Å². The minimum Gasteiger partial charge on any atom is -0.370 e. The molecule has 1 N–H and O–H groups in total. The topological polar surface area (TPSA) is 60.2 Å². The van der Waals surface area contributed by atoms with Crippen LogP contribution in [-0.2, 0) is 4.74 Å². The van der Waals surface area contributed by atoms with Crippen molar-refractivity contribution in [1.82, 2.24) is 15.5 Å². The average Bonchev–Trinajstić information content (AvgIpc) is 3.04. The van der Waals surface area contributed by atoms with Gasteiger partial charge in [0.2, 0.25) is 11.7 Å². The standard InChI is InChI=1S/C16H27N3O2/c1-2-20-14(12-8-4-3-5-9-12)15-18-16(21-19-15)13-10-6-7-11-17-13/h12-14,17H,2-11H2,1H3. The molecule has 2 atom stereocenters. The van der Waals surface area contributed by atoms with E-state index in [0.29, 0.717) is 12.5 Å². The lowest BCUT2D eigenvalue weighted by Gasteiger charge is -2.27. The van der Waals surface area contributed by atoms with Crippen molar-refractivity contribution in [2.45, 2.75) is 70.4 Å². The van der Waals surface area contributed by atoms with Gasteiger partial charge in [-0.25, -0.2) is 0 Å². The van der Waals surface area contributed by atoms with E-state index in [4.69, 9.17) is 9.26 Å². The lowest BCUT2D eigenvalue weighted by atomic mass is 9.85.